The SMILES string of the molecule is Nc1cnccc1NC(=O)c1ccc(Cl)o1. The molecule has 0 fully saturated rings. The van der Waals surface area contributed by atoms with Crippen LogP contribution in [0.25, 0.3) is 0 Å². The average Bonchev–Trinajstić information content (AvgIpc) is 2.68. The zero-order chi connectivity index (χ0) is 11.5. The summed E-state index contributed by atoms with van der Waals surface area (Å²) >= 11 is 5.56. The number of nitrogen functional groups attached to an aromatic ring is 1. The number of pyridine rings is 1. The molecular weight excluding hydrogens is 230 g/mol. The molecule has 1 amide bonds. The van der Waals surface area contributed by atoms with E-state index in [-0.39, 0.29) is 11.0 Å². The van der Waals surface area contributed by atoms with Gasteiger partial charge in [0.1, 0.15) is 0 Å². The number of amides is 1. The number of anilines is 2. The summed E-state index contributed by atoms with van der Waals surface area (Å²) < 4.78 is 4.95. The Morgan fingerprint density at radius 1 is 1.44 bits per heavy atom. The highest BCUT2D eigenvalue weighted by molar-refractivity contribution is 6.29. The number of furan rings is 1. The number of halogens is 1. The number of carbonyl (C=O) groups excluding carboxylic acids is 1. The van der Waals surface area contributed by atoms with Gasteiger partial charge >= 0.3 is 0 Å². The predicted octanol–water partition coefficient (Wildman–Crippen LogP) is 2.16. The molecule has 0 aliphatic carbocycles. The molecule has 0 unspecified atom stereocenters. The molecule has 3 N–H and O–H groups in total. The van der Waals surface area contributed by atoms with Crippen LogP contribution < -0.4 is 11.1 Å². The Kier molecular flexibility index (Phi) is 2.78. The smallest absolute Gasteiger partial charge is 0.291 e. The molecule has 2 heterocycles. The Balaban J connectivity index is 2.17. The van der Waals surface area contributed by atoms with E-state index >= 15 is 0 Å². The third-order valence-corrected chi connectivity index (χ3v) is 2.10. The van der Waals surface area contributed by atoms with Gasteiger partial charge in [0.2, 0.25) is 0 Å². The molecule has 2 aromatic rings. The van der Waals surface area contributed by atoms with Gasteiger partial charge in [-0.25, -0.2) is 0 Å². The first-order valence-electron chi connectivity index (χ1n) is 4.43. The Bertz CT molecular complexity index is 524. The van der Waals surface area contributed by atoms with Crippen molar-refractivity contribution in [1.82, 2.24) is 4.98 Å². The molecule has 0 radical (unpaired) electrons. The minimum Gasteiger partial charge on any atom is -0.440 e. The number of carbonyl (C=O) groups is 1. The summed E-state index contributed by atoms with van der Waals surface area (Å²) in [5.41, 5.74) is 6.48. The average molecular weight is 238 g/mol. The van der Waals surface area contributed by atoms with Gasteiger partial charge in [-0.15, -0.1) is 0 Å². The number of aromatic nitrogens is 1. The van der Waals surface area contributed by atoms with Crippen LogP contribution in [0.2, 0.25) is 5.22 Å². The lowest BCUT2D eigenvalue weighted by Crippen LogP contribution is -2.12. The maximum absolute atomic E-state index is 11.6. The number of nitrogens with two attached hydrogens (primary N) is 1. The molecule has 82 valence electrons. The Labute approximate surface area is 96.2 Å². The number of nitrogens with zero attached hydrogens (tertiary/aromatic N) is 1. The van der Waals surface area contributed by atoms with Crippen LogP contribution in [0.1, 0.15) is 10.6 Å². The van der Waals surface area contributed by atoms with E-state index in [0.717, 1.165) is 0 Å². The molecule has 0 saturated carbocycles. The molecule has 5 nitrogen and oxygen atoms in total. The fraction of sp³-hybridized carbons (Fsp3) is 0. The van der Waals surface area contributed by atoms with E-state index in [1.807, 2.05) is 0 Å². The van der Waals surface area contributed by atoms with Gasteiger partial charge in [0.05, 0.1) is 17.6 Å². The molecule has 2 aromatic heterocycles. The predicted molar refractivity (Wildman–Crippen MR) is 60.3 cm³/mol. The lowest BCUT2D eigenvalue weighted by atomic mass is 10.3. The van der Waals surface area contributed by atoms with Crippen LogP contribution in [-0.2, 0) is 0 Å². The maximum atomic E-state index is 11.6. The third kappa shape index (κ3) is 2.14. The summed E-state index contributed by atoms with van der Waals surface area (Å²) in [5.74, 6) is -0.286. The van der Waals surface area contributed by atoms with E-state index in [9.17, 15) is 4.79 Å². The monoisotopic (exact) mass is 237 g/mol. The molecule has 2 rings (SSSR count). The summed E-state index contributed by atoms with van der Waals surface area (Å²) in [7, 11) is 0. The van der Waals surface area contributed by atoms with Crippen LogP contribution in [0.15, 0.2) is 35.0 Å². The van der Waals surface area contributed by atoms with Gasteiger partial charge in [0.25, 0.3) is 5.91 Å². The quantitative estimate of drug-likeness (QED) is 0.839. The standard InChI is InChI=1S/C10H8ClN3O2/c11-9-2-1-8(16-9)10(15)14-7-3-4-13-5-6(7)12/h1-5H,12H2,(H,13,14,15). The van der Waals surface area contributed by atoms with Crippen LogP contribution in [0, 0.1) is 0 Å². The normalized spacial score (nSPS) is 10.1. The number of rotatable bonds is 2. The molecule has 0 saturated heterocycles. The van der Waals surface area contributed by atoms with E-state index in [2.05, 4.69) is 10.3 Å². The number of nitrogens with one attached hydrogen (secondary N) is 1. The molecule has 0 atom stereocenters. The molecule has 0 aliphatic rings. The molecule has 0 aromatic carbocycles. The van der Waals surface area contributed by atoms with E-state index in [1.54, 1.807) is 6.07 Å². The van der Waals surface area contributed by atoms with Gasteiger partial charge in [-0.1, -0.05) is 0 Å². The fourth-order valence-corrected chi connectivity index (χ4v) is 1.29. The maximum Gasteiger partial charge on any atom is 0.291 e. The van der Waals surface area contributed by atoms with Crippen LogP contribution in [0.3, 0.4) is 0 Å². The third-order valence-electron chi connectivity index (χ3n) is 1.90. The van der Waals surface area contributed by atoms with Crippen LogP contribution >= 0.6 is 11.6 Å². The fourth-order valence-electron chi connectivity index (χ4n) is 1.14. The summed E-state index contributed by atoms with van der Waals surface area (Å²) in [6, 6.07) is 4.57. The van der Waals surface area contributed by atoms with Crippen molar-refractivity contribution in [3.8, 4) is 0 Å². The highest BCUT2D eigenvalue weighted by Crippen LogP contribution is 2.18. The molecular formula is C10H8ClN3O2. The second-order valence-electron chi connectivity index (χ2n) is 3.02. The zero-order valence-corrected chi connectivity index (χ0v) is 8.86. The van der Waals surface area contributed by atoms with Crippen molar-refractivity contribution in [2.45, 2.75) is 0 Å². The summed E-state index contributed by atoms with van der Waals surface area (Å²) in [4.78, 5) is 15.4. The van der Waals surface area contributed by atoms with Crippen molar-refractivity contribution in [3.05, 3.63) is 41.6 Å². The van der Waals surface area contributed by atoms with Crippen LogP contribution in [-0.4, -0.2) is 10.9 Å². The Morgan fingerprint density at radius 2 is 2.25 bits per heavy atom. The van der Waals surface area contributed by atoms with E-state index in [4.69, 9.17) is 21.8 Å². The molecule has 0 spiro atoms. The molecule has 16 heavy (non-hydrogen) atoms. The summed E-state index contributed by atoms with van der Waals surface area (Å²) in [6.07, 6.45) is 2.98. The second-order valence-corrected chi connectivity index (χ2v) is 3.39. The van der Waals surface area contributed by atoms with Crippen molar-refractivity contribution in [2.24, 2.45) is 0 Å². The number of hydrogen-bond donors (Lipinski definition) is 2. The second kappa shape index (κ2) is 4.24. The van der Waals surface area contributed by atoms with Gasteiger partial charge in [0, 0.05) is 6.20 Å². The molecule has 6 heteroatoms. The summed E-state index contributed by atoms with van der Waals surface area (Å²) in [5, 5.41) is 2.74. The van der Waals surface area contributed by atoms with Crippen LogP contribution in [0.5, 0.6) is 0 Å². The van der Waals surface area contributed by atoms with Gasteiger partial charge < -0.3 is 15.5 Å². The summed E-state index contributed by atoms with van der Waals surface area (Å²) in [6.45, 7) is 0. The lowest BCUT2D eigenvalue weighted by Gasteiger charge is -2.04. The van der Waals surface area contributed by atoms with Crippen molar-refractivity contribution in [3.63, 3.8) is 0 Å². The molecule has 0 aliphatic heterocycles. The van der Waals surface area contributed by atoms with Gasteiger partial charge in [-0.3, -0.25) is 9.78 Å². The first-order valence-corrected chi connectivity index (χ1v) is 4.81. The van der Waals surface area contributed by atoms with E-state index in [1.165, 1.54) is 24.5 Å². The first-order chi connectivity index (χ1) is 7.66. The van der Waals surface area contributed by atoms with Gasteiger partial charge in [-0.05, 0) is 29.8 Å². The van der Waals surface area contributed by atoms with Gasteiger partial charge in [-0.2, -0.15) is 0 Å². The van der Waals surface area contributed by atoms with Crippen molar-refractivity contribution in [1.29, 1.82) is 0 Å². The molecule has 0 bridgehead atoms. The minimum absolute atomic E-state index is 0.126. The Hall–Kier alpha value is -2.01. The van der Waals surface area contributed by atoms with Crippen molar-refractivity contribution < 1.29 is 9.21 Å². The highest BCUT2D eigenvalue weighted by atomic mass is 35.5. The van der Waals surface area contributed by atoms with Crippen LogP contribution in [0.4, 0.5) is 11.4 Å². The topological polar surface area (TPSA) is 81.1 Å². The van der Waals surface area contributed by atoms with Gasteiger partial charge in [0.15, 0.2) is 11.0 Å². The Morgan fingerprint density at radius 3 is 2.88 bits per heavy atom. The van der Waals surface area contributed by atoms with Crippen molar-refractivity contribution >= 4 is 28.9 Å². The van der Waals surface area contributed by atoms with E-state index < -0.39 is 5.91 Å². The van der Waals surface area contributed by atoms with E-state index in [0.29, 0.717) is 11.4 Å². The largest absolute Gasteiger partial charge is 0.440 e. The number of hydrogen-bond acceptors (Lipinski definition) is 4. The highest BCUT2D eigenvalue weighted by Gasteiger charge is 2.11. The minimum atomic E-state index is -0.412. The zero-order valence-electron chi connectivity index (χ0n) is 8.11. The first kappa shape index (κ1) is 10.5. The lowest BCUT2D eigenvalue weighted by molar-refractivity contribution is 0.0997. The van der Waals surface area contributed by atoms with Crippen molar-refractivity contribution in [2.75, 3.05) is 11.1 Å².